The first-order chi connectivity index (χ1) is 7.45. The van der Waals surface area contributed by atoms with E-state index in [0.717, 1.165) is 13.1 Å². The largest absolute Gasteiger partial charge is 0.311 e. The highest BCUT2D eigenvalue weighted by atomic mass is 35.5. The molecule has 0 aromatic heterocycles. The highest BCUT2D eigenvalue weighted by Gasteiger charge is 2.14. The molecular weight excluding hydrogens is 218 g/mol. The molecule has 0 saturated carbocycles. The molecule has 2 heteroatoms. The molecule has 0 aliphatic rings. The molecule has 0 bridgehead atoms. The molecule has 0 aliphatic carbocycles. The second-order valence-corrected chi connectivity index (χ2v) is 5.63. The van der Waals surface area contributed by atoms with Gasteiger partial charge in [-0.15, -0.1) is 11.6 Å². The van der Waals surface area contributed by atoms with Gasteiger partial charge in [0, 0.05) is 19.0 Å². The standard InChI is InChI=1S/C14H22ClN/c1-11-5-6-13(14(2,3)4)9-12(11)10-16-8-7-15/h5-6,9,16H,7-8,10H2,1-4H3. The summed E-state index contributed by atoms with van der Waals surface area (Å²) >= 11 is 5.65. The molecule has 16 heavy (non-hydrogen) atoms. The third-order valence-electron chi connectivity index (χ3n) is 2.80. The molecule has 0 saturated heterocycles. The predicted molar refractivity (Wildman–Crippen MR) is 72.3 cm³/mol. The quantitative estimate of drug-likeness (QED) is 0.625. The van der Waals surface area contributed by atoms with Crippen molar-refractivity contribution in [3.05, 3.63) is 34.9 Å². The van der Waals surface area contributed by atoms with Gasteiger partial charge in [-0.3, -0.25) is 0 Å². The predicted octanol–water partition coefficient (Wildman–Crippen LogP) is 3.62. The molecule has 1 aromatic carbocycles. The Kier molecular flexibility index (Phi) is 4.82. The van der Waals surface area contributed by atoms with E-state index in [9.17, 15) is 0 Å². The minimum atomic E-state index is 0.217. The zero-order valence-electron chi connectivity index (χ0n) is 10.7. The Bertz CT molecular complexity index is 339. The van der Waals surface area contributed by atoms with Crippen molar-refractivity contribution >= 4 is 11.6 Å². The summed E-state index contributed by atoms with van der Waals surface area (Å²) in [5.74, 6) is 0.665. The fourth-order valence-corrected chi connectivity index (χ4v) is 1.75. The number of benzene rings is 1. The van der Waals surface area contributed by atoms with Crippen molar-refractivity contribution in [1.29, 1.82) is 0 Å². The molecule has 0 fully saturated rings. The van der Waals surface area contributed by atoms with E-state index in [0.29, 0.717) is 5.88 Å². The van der Waals surface area contributed by atoms with E-state index in [1.54, 1.807) is 0 Å². The lowest BCUT2D eigenvalue weighted by Crippen LogP contribution is -2.18. The number of hydrogen-bond donors (Lipinski definition) is 1. The van der Waals surface area contributed by atoms with Crippen molar-refractivity contribution in [3.63, 3.8) is 0 Å². The van der Waals surface area contributed by atoms with Crippen LogP contribution in [0.2, 0.25) is 0 Å². The topological polar surface area (TPSA) is 12.0 Å². The SMILES string of the molecule is Cc1ccc(C(C)(C)C)cc1CNCCCl. The fourth-order valence-electron chi connectivity index (χ4n) is 1.62. The van der Waals surface area contributed by atoms with Crippen LogP contribution in [0.15, 0.2) is 18.2 Å². The van der Waals surface area contributed by atoms with E-state index in [-0.39, 0.29) is 5.41 Å². The van der Waals surface area contributed by atoms with Crippen LogP contribution < -0.4 is 5.32 Å². The molecule has 1 N–H and O–H groups in total. The Balaban J connectivity index is 2.83. The summed E-state index contributed by atoms with van der Waals surface area (Å²) < 4.78 is 0. The van der Waals surface area contributed by atoms with E-state index in [1.165, 1.54) is 16.7 Å². The lowest BCUT2D eigenvalue weighted by molar-refractivity contribution is 0.588. The number of aryl methyl sites for hydroxylation is 1. The zero-order valence-corrected chi connectivity index (χ0v) is 11.5. The van der Waals surface area contributed by atoms with E-state index in [1.807, 2.05) is 0 Å². The summed E-state index contributed by atoms with van der Waals surface area (Å²) in [7, 11) is 0. The Hall–Kier alpha value is -0.530. The van der Waals surface area contributed by atoms with Crippen LogP contribution in [0.1, 0.15) is 37.5 Å². The third-order valence-corrected chi connectivity index (χ3v) is 2.99. The maximum absolute atomic E-state index is 5.65. The van der Waals surface area contributed by atoms with Crippen LogP contribution >= 0.6 is 11.6 Å². The van der Waals surface area contributed by atoms with Gasteiger partial charge in [0.2, 0.25) is 0 Å². The number of hydrogen-bond acceptors (Lipinski definition) is 1. The van der Waals surface area contributed by atoms with Gasteiger partial charge in [-0.2, -0.15) is 0 Å². The maximum atomic E-state index is 5.65. The minimum Gasteiger partial charge on any atom is -0.311 e. The smallest absolute Gasteiger partial charge is 0.0348 e. The van der Waals surface area contributed by atoms with Crippen molar-refractivity contribution in [2.45, 2.75) is 39.7 Å². The highest BCUT2D eigenvalue weighted by Crippen LogP contribution is 2.24. The van der Waals surface area contributed by atoms with Crippen LogP contribution in [-0.2, 0) is 12.0 Å². The summed E-state index contributed by atoms with van der Waals surface area (Å²) in [5, 5.41) is 3.34. The average Bonchev–Trinajstić information content (AvgIpc) is 2.19. The van der Waals surface area contributed by atoms with E-state index < -0.39 is 0 Å². The van der Waals surface area contributed by atoms with Gasteiger partial charge in [-0.1, -0.05) is 39.0 Å². The fraction of sp³-hybridized carbons (Fsp3) is 0.571. The summed E-state index contributed by atoms with van der Waals surface area (Å²) in [6, 6.07) is 6.73. The normalized spacial score (nSPS) is 11.8. The molecule has 0 heterocycles. The summed E-state index contributed by atoms with van der Waals surface area (Å²) in [6.45, 7) is 10.7. The maximum Gasteiger partial charge on any atom is 0.0348 e. The van der Waals surface area contributed by atoms with Crippen molar-refractivity contribution in [3.8, 4) is 0 Å². The van der Waals surface area contributed by atoms with Gasteiger partial charge in [-0.25, -0.2) is 0 Å². The highest BCUT2D eigenvalue weighted by molar-refractivity contribution is 6.18. The first-order valence-corrected chi connectivity index (χ1v) is 6.35. The van der Waals surface area contributed by atoms with Crippen molar-refractivity contribution in [1.82, 2.24) is 5.32 Å². The first-order valence-electron chi connectivity index (χ1n) is 5.82. The van der Waals surface area contributed by atoms with Gasteiger partial charge in [-0.05, 0) is 29.0 Å². The van der Waals surface area contributed by atoms with Gasteiger partial charge in [0.15, 0.2) is 0 Å². The van der Waals surface area contributed by atoms with Gasteiger partial charge < -0.3 is 5.32 Å². The molecule has 0 spiro atoms. The van der Waals surface area contributed by atoms with Crippen LogP contribution in [0.5, 0.6) is 0 Å². The second kappa shape index (κ2) is 5.70. The van der Waals surface area contributed by atoms with Gasteiger partial charge in [0.25, 0.3) is 0 Å². The molecule has 0 amide bonds. The number of halogens is 1. The molecular formula is C14H22ClN. The molecule has 90 valence electrons. The average molecular weight is 240 g/mol. The lowest BCUT2D eigenvalue weighted by atomic mass is 9.85. The molecule has 0 radical (unpaired) electrons. The van der Waals surface area contributed by atoms with E-state index in [2.05, 4.69) is 51.2 Å². The van der Waals surface area contributed by atoms with Gasteiger partial charge >= 0.3 is 0 Å². The molecule has 0 unspecified atom stereocenters. The molecule has 0 aliphatic heterocycles. The Morgan fingerprint density at radius 1 is 1.25 bits per heavy atom. The zero-order chi connectivity index (χ0) is 12.2. The van der Waals surface area contributed by atoms with Crippen LogP contribution in [0, 0.1) is 6.92 Å². The monoisotopic (exact) mass is 239 g/mol. The molecule has 0 atom stereocenters. The number of rotatable bonds is 4. The van der Waals surface area contributed by atoms with E-state index in [4.69, 9.17) is 11.6 Å². The third kappa shape index (κ3) is 3.80. The summed E-state index contributed by atoms with van der Waals surface area (Å²) in [5.41, 5.74) is 4.32. The van der Waals surface area contributed by atoms with Crippen LogP contribution in [0.3, 0.4) is 0 Å². The van der Waals surface area contributed by atoms with E-state index >= 15 is 0 Å². The Morgan fingerprint density at radius 3 is 2.50 bits per heavy atom. The van der Waals surface area contributed by atoms with Crippen LogP contribution in [0.25, 0.3) is 0 Å². The Morgan fingerprint density at radius 2 is 1.94 bits per heavy atom. The first kappa shape index (κ1) is 13.5. The number of alkyl halides is 1. The number of nitrogens with one attached hydrogen (secondary N) is 1. The molecule has 1 rings (SSSR count). The lowest BCUT2D eigenvalue weighted by Gasteiger charge is -2.21. The van der Waals surface area contributed by atoms with Crippen LogP contribution in [-0.4, -0.2) is 12.4 Å². The molecule has 1 aromatic rings. The van der Waals surface area contributed by atoms with Gasteiger partial charge in [0.1, 0.15) is 0 Å². The molecule has 1 nitrogen and oxygen atoms in total. The minimum absolute atomic E-state index is 0.217. The van der Waals surface area contributed by atoms with Crippen molar-refractivity contribution in [2.24, 2.45) is 0 Å². The summed E-state index contributed by atoms with van der Waals surface area (Å²) in [6.07, 6.45) is 0. The van der Waals surface area contributed by atoms with Crippen LogP contribution in [0.4, 0.5) is 0 Å². The Labute approximate surface area is 104 Å². The van der Waals surface area contributed by atoms with Crippen molar-refractivity contribution in [2.75, 3.05) is 12.4 Å². The summed E-state index contributed by atoms with van der Waals surface area (Å²) in [4.78, 5) is 0. The second-order valence-electron chi connectivity index (χ2n) is 5.26. The van der Waals surface area contributed by atoms with Gasteiger partial charge in [0.05, 0.1) is 0 Å². The van der Waals surface area contributed by atoms with Crippen molar-refractivity contribution < 1.29 is 0 Å².